The van der Waals surface area contributed by atoms with Crippen LogP contribution in [0.1, 0.15) is 6.42 Å². The Morgan fingerprint density at radius 1 is 0.909 bits per heavy atom. The van der Waals surface area contributed by atoms with Gasteiger partial charge >= 0.3 is 23.9 Å². The number of hydrogen-bond acceptors (Lipinski definition) is 6. The van der Waals surface area contributed by atoms with E-state index in [9.17, 15) is 19.2 Å². The zero-order valence-electron chi connectivity index (χ0n) is 11.3. The van der Waals surface area contributed by atoms with E-state index in [1.54, 1.807) is 30.4 Å². The Morgan fingerprint density at radius 3 is 2.50 bits per heavy atom. The molecule has 6 heteroatoms. The van der Waals surface area contributed by atoms with Crippen LogP contribution in [0.3, 0.4) is 0 Å². The van der Waals surface area contributed by atoms with Crippen LogP contribution in [0, 0.1) is 17.8 Å². The van der Waals surface area contributed by atoms with Gasteiger partial charge in [0.2, 0.25) is 0 Å². The van der Waals surface area contributed by atoms with Crippen LogP contribution < -0.4 is 0 Å². The number of carbonyl (C=O) groups is 4. The fourth-order valence-corrected chi connectivity index (χ4v) is 3.25. The second-order valence-electron chi connectivity index (χ2n) is 5.51. The molecule has 22 heavy (non-hydrogen) atoms. The molecule has 110 valence electrons. The van der Waals surface area contributed by atoms with Gasteiger partial charge < -0.3 is 9.47 Å². The molecule has 0 aromatic heterocycles. The lowest BCUT2D eigenvalue weighted by Gasteiger charge is -2.23. The first-order valence-electron chi connectivity index (χ1n) is 6.89. The molecule has 1 saturated heterocycles. The van der Waals surface area contributed by atoms with E-state index in [2.05, 4.69) is 9.47 Å². The summed E-state index contributed by atoms with van der Waals surface area (Å²) in [6.07, 6.45) is 8.89. The van der Waals surface area contributed by atoms with Crippen molar-refractivity contribution in [2.24, 2.45) is 17.8 Å². The largest absolute Gasteiger partial charge is 0.392 e. The third-order valence-electron chi connectivity index (χ3n) is 4.32. The molecule has 2 aliphatic carbocycles. The predicted octanol–water partition coefficient (Wildman–Crippen LogP) is 0.754. The Bertz CT molecular complexity index is 764. The molecule has 0 bridgehead atoms. The van der Waals surface area contributed by atoms with Crippen molar-refractivity contribution in [2.45, 2.75) is 6.42 Å². The number of esters is 4. The van der Waals surface area contributed by atoms with Gasteiger partial charge in [0, 0.05) is 5.92 Å². The summed E-state index contributed by atoms with van der Waals surface area (Å²) in [5.41, 5.74) is 1.30. The summed E-state index contributed by atoms with van der Waals surface area (Å²) >= 11 is 0. The van der Waals surface area contributed by atoms with Crippen LogP contribution in [0.2, 0.25) is 0 Å². The van der Waals surface area contributed by atoms with Crippen molar-refractivity contribution < 1.29 is 28.7 Å². The maximum Gasteiger partial charge on any atom is 0.346 e. The third-order valence-corrected chi connectivity index (χ3v) is 4.32. The van der Waals surface area contributed by atoms with E-state index >= 15 is 0 Å². The Kier molecular flexibility index (Phi) is 2.57. The lowest BCUT2D eigenvalue weighted by molar-refractivity contribution is -0.154. The molecule has 4 rings (SSSR count). The van der Waals surface area contributed by atoms with Gasteiger partial charge in [-0.1, -0.05) is 30.4 Å². The van der Waals surface area contributed by atoms with E-state index in [4.69, 9.17) is 0 Å². The van der Waals surface area contributed by atoms with Gasteiger partial charge in [0.25, 0.3) is 0 Å². The number of cyclic esters (lactones) is 4. The minimum atomic E-state index is -0.657. The Labute approximate surface area is 124 Å². The van der Waals surface area contributed by atoms with Crippen molar-refractivity contribution in [2.75, 3.05) is 0 Å². The Hall–Kier alpha value is -2.76. The summed E-state index contributed by atoms with van der Waals surface area (Å²) < 4.78 is 9.28. The van der Waals surface area contributed by atoms with Crippen molar-refractivity contribution in [3.05, 3.63) is 47.1 Å². The molecule has 0 radical (unpaired) electrons. The normalized spacial score (nSPS) is 32.7. The molecule has 0 N–H and O–H groups in total. The monoisotopic (exact) mass is 298 g/mol. The van der Waals surface area contributed by atoms with E-state index in [0.29, 0.717) is 12.0 Å². The topological polar surface area (TPSA) is 86.7 Å². The fraction of sp³-hybridized carbons (Fsp3) is 0.250. The van der Waals surface area contributed by atoms with Crippen LogP contribution in [-0.2, 0) is 28.7 Å². The first kappa shape index (κ1) is 12.9. The molecule has 4 aliphatic rings. The maximum absolute atomic E-state index is 11.9. The molecular weight excluding hydrogens is 288 g/mol. The van der Waals surface area contributed by atoms with Gasteiger partial charge in [-0.25, -0.2) is 9.59 Å². The molecule has 1 fully saturated rings. The average molecular weight is 298 g/mol. The van der Waals surface area contributed by atoms with Gasteiger partial charge in [0.15, 0.2) is 0 Å². The summed E-state index contributed by atoms with van der Waals surface area (Å²) in [5.74, 6) is -4.02. The highest BCUT2D eigenvalue weighted by Gasteiger charge is 2.45. The number of rotatable bonds is 1. The maximum atomic E-state index is 11.9. The molecule has 2 heterocycles. The Morgan fingerprint density at radius 2 is 1.68 bits per heavy atom. The molecular formula is C16H10O6. The summed E-state index contributed by atoms with van der Waals surface area (Å²) in [4.78, 5) is 46.7. The van der Waals surface area contributed by atoms with E-state index < -0.39 is 35.7 Å². The number of allylic oxidation sites excluding steroid dienone is 3. The number of hydrogen-bond donors (Lipinski definition) is 0. The smallest absolute Gasteiger partial charge is 0.346 e. The van der Waals surface area contributed by atoms with Crippen molar-refractivity contribution in [3.63, 3.8) is 0 Å². The van der Waals surface area contributed by atoms with E-state index in [-0.39, 0.29) is 11.5 Å². The van der Waals surface area contributed by atoms with Crippen LogP contribution in [-0.4, -0.2) is 23.9 Å². The first-order chi connectivity index (χ1) is 10.6. The molecule has 0 saturated carbocycles. The van der Waals surface area contributed by atoms with Crippen molar-refractivity contribution in [3.8, 4) is 0 Å². The van der Waals surface area contributed by atoms with E-state index in [1.807, 2.05) is 0 Å². The zero-order valence-corrected chi connectivity index (χ0v) is 11.3. The summed E-state index contributed by atoms with van der Waals surface area (Å²) in [5, 5.41) is 0. The van der Waals surface area contributed by atoms with Gasteiger partial charge in [-0.3, -0.25) is 9.59 Å². The molecule has 0 aromatic carbocycles. The third kappa shape index (κ3) is 1.67. The summed E-state index contributed by atoms with van der Waals surface area (Å²) in [6.45, 7) is 0. The van der Waals surface area contributed by atoms with E-state index in [1.165, 1.54) is 0 Å². The van der Waals surface area contributed by atoms with Gasteiger partial charge in [0.05, 0.1) is 23.0 Å². The lowest BCUT2D eigenvalue weighted by atomic mass is 9.77. The summed E-state index contributed by atoms with van der Waals surface area (Å²) in [6, 6.07) is 0. The quantitative estimate of drug-likeness (QED) is 0.524. The fourth-order valence-electron chi connectivity index (χ4n) is 3.25. The molecule has 3 unspecified atom stereocenters. The van der Waals surface area contributed by atoms with E-state index in [0.717, 1.165) is 5.57 Å². The molecule has 2 aliphatic heterocycles. The average Bonchev–Trinajstić information content (AvgIpc) is 2.96. The lowest BCUT2D eigenvalue weighted by Crippen LogP contribution is -2.21. The first-order valence-corrected chi connectivity index (χ1v) is 6.89. The second-order valence-corrected chi connectivity index (χ2v) is 5.51. The number of fused-ring (bicyclic) bond motifs is 1. The van der Waals surface area contributed by atoms with Crippen LogP contribution in [0.4, 0.5) is 0 Å². The molecule has 0 amide bonds. The van der Waals surface area contributed by atoms with Crippen LogP contribution >= 0.6 is 0 Å². The number of ether oxygens (including phenoxy) is 2. The standard InChI is InChI=1S/C16H10O6/c17-13-9-5-4-7(6-11(9)15(19)21-13)8-2-1-3-10-12(8)16(20)22-14(10)18/h1,3-6,8-9,11H,2H2. The highest BCUT2D eigenvalue weighted by atomic mass is 16.6. The van der Waals surface area contributed by atoms with Gasteiger partial charge in [-0.2, -0.15) is 0 Å². The molecule has 0 spiro atoms. The SMILES string of the molecule is O=C1OC(=O)C2=C1C=CCC2C1=CC2C(=O)OC(=O)C2C=C1. The second kappa shape index (κ2) is 4.37. The van der Waals surface area contributed by atoms with Gasteiger partial charge in [-0.15, -0.1) is 0 Å². The molecule has 6 nitrogen and oxygen atoms in total. The highest BCUT2D eigenvalue weighted by Crippen LogP contribution is 2.40. The van der Waals surface area contributed by atoms with Crippen LogP contribution in [0.15, 0.2) is 47.1 Å². The molecule has 3 atom stereocenters. The van der Waals surface area contributed by atoms with Crippen molar-refractivity contribution in [1.29, 1.82) is 0 Å². The van der Waals surface area contributed by atoms with Crippen molar-refractivity contribution in [1.82, 2.24) is 0 Å². The number of carbonyl (C=O) groups excluding carboxylic acids is 4. The van der Waals surface area contributed by atoms with Crippen LogP contribution in [0.25, 0.3) is 0 Å². The van der Waals surface area contributed by atoms with Crippen LogP contribution in [0.5, 0.6) is 0 Å². The minimum Gasteiger partial charge on any atom is -0.392 e. The van der Waals surface area contributed by atoms with Gasteiger partial charge in [-0.05, 0) is 12.0 Å². The zero-order chi connectivity index (χ0) is 15.4. The van der Waals surface area contributed by atoms with Crippen molar-refractivity contribution >= 4 is 23.9 Å². The highest BCUT2D eigenvalue weighted by molar-refractivity contribution is 6.14. The van der Waals surface area contributed by atoms with Gasteiger partial charge in [0.1, 0.15) is 0 Å². The predicted molar refractivity (Wildman–Crippen MR) is 70.7 cm³/mol. The summed E-state index contributed by atoms with van der Waals surface area (Å²) in [7, 11) is 0. The minimum absolute atomic E-state index is 0.266. The molecule has 0 aromatic rings. The Balaban J connectivity index is 1.73.